The van der Waals surface area contributed by atoms with Crippen LogP contribution in [0.25, 0.3) is 0 Å². The van der Waals surface area contributed by atoms with Gasteiger partial charge in [-0.25, -0.2) is 5.01 Å². The van der Waals surface area contributed by atoms with E-state index in [2.05, 4.69) is 10.3 Å². The second kappa shape index (κ2) is 3.15. The maximum atomic E-state index is 11.8. The molecule has 2 fully saturated rings. The van der Waals surface area contributed by atoms with E-state index >= 15 is 0 Å². The lowest BCUT2D eigenvalue weighted by Crippen LogP contribution is -2.43. The number of benzene rings is 1. The average molecular weight is 227 g/mol. The third-order valence-corrected chi connectivity index (χ3v) is 4.26. The molecule has 0 N–H and O–H groups in total. The Morgan fingerprint density at radius 2 is 2.06 bits per heavy atom. The normalized spacial score (nSPS) is 37.9. The molecule has 1 aliphatic heterocycles. The van der Waals surface area contributed by atoms with Gasteiger partial charge in [0.15, 0.2) is 0 Å². The molecule has 1 aromatic carbocycles. The molecule has 0 aromatic heterocycles. The third kappa shape index (κ3) is 1.15. The Morgan fingerprint density at radius 1 is 1.24 bits per heavy atom. The van der Waals surface area contributed by atoms with Crippen molar-refractivity contribution in [1.82, 2.24) is 0 Å². The first kappa shape index (κ1) is 9.33. The van der Waals surface area contributed by atoms with E-state index in [-0.39, 0.29) is 18.0 Å². The summed E-state index contributed by atoms with van der Waals surface area (Å²) >= 11 is 0. The van der Waals surface area contributed by atoms with Gasteiger partial charge in [0, 0.05) is 12.3 Å². The largest absolute Gasteiger partial charge is 0.299 e. The van der Waals surface area contributed by atoms with Crippen LogP contribution in [0.1, 0.15) is 12.8 Å². The summed E-state index contributed by atoms with van der Waals surface area (Å²) in [7, 11) is 0. The average Bonchev–Trinajstić information content (AvgIpc) is 3.00. The van der Waals surface area contributed by atoms with Crippen molar-refractivity contribution < 1.29 is 4.79 Å². The summed E-state index contributed by atoms with van der Waals surface area (Å²) in [4.78, 5) is 11.8. The SMILES string of the molecule is O=C1C[C@H]2C[C@@H]1[C@H]1[C@@H]2N=NN1c1ccccc1. The van der Waals surface area contributed by atoms with Crippen molar-refractivity contribution in [1.29, 1.82) is 0 Å². The molecule has 0 unspecified atom stereocenters. The highest BCUT2D eigenvalue weighted by molar-refractivity contribution is 5.86. The summed E-state index contributed by atoms with van der Waals surface area (Å²) in [6.45, 7) is 0. The Morgan fingerprint density at radius 3 is 2.88 bits per heavy atom. The van der Waals surface area contributed by atoms with E-state index in [1.165, 1.54) is 0 Å². The minimum absolute atomic E-state index is 0.153. The molecular formula is C13H13N3O. The highest BCUT2D eigenvalue weighted by Crippen LogP contribution is 2.49. The van der Waals surface area contributed by atoms with Gasteiger partial charge in [0.05, 0.1) is 17.8 Å². The van der Waals surface area contributed by atoms with Crippen LogP contribution in [-0.2, 0) is 4.79 Å². The number of hydrogen-bond donors (Lipinski definition) is 0. The standard InChI is InChI=1S/C13H13N3O/c17-11-7-8-6-10(11)13-12(8)14-15-16(13)9-4-2-1-3-5-9/h1-5,8,10,12-13H,6-7H2/t8-,10+,12-,13+/m1/s1. The Bertz CT molecular complexity index is 499. The molecule has 17 heavy (non-hydrogen) atoms. The molecule has 4 nitrogen and oxygen atoms in total. The van der Waals surface area contributed by atoms with Gasteiger partial charge in [0.2, 0.25) is 0 Å². The van der Waals surface area contributed by atoms with Crippen LogP contribution in [0.4, 0.5) is 5.69 Å². The Balaban J connectivity index is 1.72. The Kier molecular flexibility index (Phi) is 1.73. The molecule has 0 amide bonds. The topological polar surface area (TPSA) is 45.0 Å². The highest BCUT2D eigenvalue weighted by Gasteiger charge is 2.57. The summed E-state index contributed by atoms with van der Waals surface area (Å²) in [5.74, 6) is 1.000. The first-order valence-corrected chi connectivity index (χ1v) is 6.12. The molecule has 4 atom stereocenters. The van der Waals surface area contributed by atoms with E-state index < -0.39 is 0 Å². The van der Waals surface area contributed by atoms with E-state index in [0.29, 0.717) is 18.1 Å². The summed E-state index contributed by atoms with van der Waals surface area (Å²) in [5.41, 5.74) is 1.05. The Labute approximate surface area is 99.3 Å². The van der Waals surface area contributed by atoms with Crippen molar-refractivity contribution in [2.24, 2.45) is 22.2 Å². The minimum Gasteiger partial charge on any atom is -0.299 e. The lowest BCUT2D eigenvalue weighted by Gasteiger charge is -2.28. The van der Waals surface area contributed by atoms with Gasteiger partial charge in [-0.2, -0.15) is 5.11 Å². The molecule has 2 saturated carbocycles. The van der Waals surface area contributed by atoms with Gasteiger partial charge < -0.3 is 0 Å². The molecule has 1 heterocycles. The van der Waals surface area contributed by atoms with Crippen LogP contribution in [0.5, 0.6) is 0 Å². The van der Waals surface area contributed by atoms with Crippen LogP contribution in [-0.4, -0.2) is 17.9 Å². The molecule has 0 radical (unpaired) electrons. The predicted octanol–water partition coefficient (Wildman–Crippen LogP) is 2.22. The van der Waals surface area contributed by atoms with Gasteiger partial charge >= 0.3 is 0 Å². The number of nitrogens with zero attached hydrogens (tertiary/aromatic N) is 3. The fourth-order valence-corrected chi connectivity index (χ4v) is 3.51. The maximum Gasteiger partial charge on any atom is 0.138 e. The van der Waals surface area contributed by atoms with E-state index in [0.717, 1.165) is 12.1 Å². The van der Waals surface area contributed by atoms with Gasteiger partial charge in [0.1, 0.15) is 5.78 Å². The first-order chi connectivity index (χ1) is 8.34. The second-order valence-electron chi connectivity index (χ2n) is 5.14. The van der Waals surface area contributed by atoms with Crippen molar-refractivity contribution in [2.45, 2.75) is 24.9 Å². The zero-order valence-corrected chi connectivity index (χ0v) is 9.36. The number of rotatable bonds is 1. The van der Waals surface area contributed by atoms with E-state index in [9.17, 15) is 4.79 Å². The van der Waals surface area contributed by atoms with Gasteiger partial charge in [-0.05, 0) is 24.5 Å². The van der Waals surface area contributed by atoms with Crippen molar-refractivity contribution in [3.8, 4) is 0 Å². The number of hydrogen-bond acceptors (Lipinski definition) is 4. The molecule has 0 spiro atoms. The van der Waals surface area contributed by atoms with Gasteiger partial charge in [-0.3, -0.25) is 4.79 Å². The molecule has 86 valence electrons. The molecular weight excluding hydrogens is 214 g/mol. The second-order valence-corrected chi connectivity index (χ2v) is 5.14. The minimum atomic E-state index is 0.153. The number of anilines is 1. The fraction of sp³-hybridized carbons (Fsp3) is 0.462. The van der Waals surface area contributed by atoms with Crippen LogP contribution < -0.4 is 5.01 Å². The van der Waals surface area contributed by atoms with Crippen molar-refractivity contribution >= 4 is 11.5 Å². The number of Topliss-reactive ketones (excluding diaryl/α,β-unsaturated/α-hetero) is 1. The van der Waals surface area contributed by atoms with Crippen LogP contribution >= 0.6 is 0 Å². The van der Waals surface area contributed by atoms with Gasteiger partial charge in [0.25, 0.3) is 0 Å². The molecule has 0 saturated heterocycles. The fourth-order valence-electron chi connectivity index (χ4n) is 3.51. The van der Waals surface area contributed by atoms with Crippen LogP contribution in [0, 0.1) is 11.8 Å². The van der Waals surface area contributed by atoms with Crippen molar-refractivity contribution in [2.75, 3.05) is 5.01 Å². The monoisotopic (exact) mass is 227 g/mol. The van der Waals surface area contributed by atoms with Gasteiger partial charge in [-0.15, -0.1) is 0 Å². The van der Waals surface area contributed by atoms with Gasteiger partial charge in [-0.1, -0.05) is 23.4 Å². The summed E-state index contributed by atoms with van der Waals surface area (Å²) < 4.78 is 0. The maximum absolute atomic E-state index is 11.8. The third-order valence-electron chi connectivity index (χ3n) is 4.26. The number of para-hydroxylation sites is 1. The van der Waals surface area contributed by atoms with E-state index in [1.807, 2.05) is 35.3 Å². The number of ketones is 1. The molecule has 4 heteroatoms. The predicted molar refractivity (Wildman–Crippen MR) is 62.6 cm³/mol. The lowest BCUT2D eigenvalue weighted by atomic mass is 9.90. The Hall–Kier alpha value is -1.71. The molecule has 2 bridgehead atoms. The molecule has 3 aliphatic rings. The summed E-state index contributed by atoms with van der Waals surface area (Å²) in [6.07, 6.45) is 1.73. The lowest BCUT2D eigenvalue weighted by molar-refractivity contribution is -0.122. The summed E-state index contributed by atoms with van der Waals surface area (Å²) in [6, 6.07) is 10.5. The van der Waals surface area contributed by atoms with Crippen LogP contribution in [0.15, 0.2) is 40.7 Å². The summed E-state index contributed by atoms with van der Waals surface area (Å²) in [5, 5.41) is 10.6. The van der Waals surface area contributed by atoms with E-state index in [4.69, 9.17) is 0 Å². The molecule has 1 aromatic rings. The number of carbonyl (C=O) groups excluding carboxylic acids is 1. The zero-order chi connectivity index (χ0) is 11.4. The first-order valence-electron chi connectivity index (χ1n) is 6.12. The quantitative estimate of drug-likeness (QED) is 0.738. The van der Waals surface area contributed by atoms with Crippen LogP contribution in [0.2, 0.25) is 0 Å². The smallest absolute Gasteiger partial charge is 0.138 e. The van der Waals surface area contributed by atoms with Crippen molar-refractivity contribution in [3.63, 3.8) is 0 Å². The molecule has 2 aliphatic carbocycles. The highest BCUT2D eigenvalue weighted by atomic mass is 16.1. The number of carbonyl (C=O) groups is 1. The van der Waals surface area contributed by atoms with Crippen molar-refractivity contribution in [3.05, 3.63) is 30.3 Å². The molecule has 4 rings (SSSR count). The van der Waals surface area contributed by atoms with Crippen LogP contribution in [0.3, 0.4) is 0 Å². The number of fused-ring (bicyclic) bond motifs is 5. The zero-order valence-electron chi connectivity index (χ0n) is 9.36. The van der Waals surface area contributed by atoms with E-state index in [1.54, 1.807) is 0 Å².